The smallest absolute Gasteiger partial charge is 0.355 e. The van der Waals surface area contributed by atoms with Crippen LogP contribution in [0.1, 0.15) is 23.0 Å². The van der Waals surface area contributed by atoms with Gasteiger partial charge in [0, 0.05) is 30.8 Å². The second-order valence-electron chi connectivity index (χ2n) is 4.93. The number of furan rings is 1. The highest BCUT2D eigenvalue weighted by Gasteiger charge is 2.18. The molecule has 7 nitrogen and oxygen atoms in total. The highest BCUT2D eigenvalue weighted by Crippen LogP contribution is 2.23. The van der Waals surface area contributed by atoms with Crippen LogP contribution in [-0.2, 0) is 11.3 Å². The van der Waals surface area contributed by atoms with Crippen molar-refractivity contribution in [3.8, 4) is 0 Å². The molecule has 0 N–H and O–H groups in total. The van der Waals surface area contributed by atoms with E-state index in [-0.39, 0.29) is 12.3 Å². The molecule has 0 aliphatic heterocycles. The SMILES string of the molecule is CCOC(=O)c1cc2occc2n1Cc1ccc([N+](=O)[O-])cc1. The Hall–Kier alpha value is -3.09. The molecule has 2 aromatic heterocycles. The third kappa shape index (κ3) is 2.80. The third-order valence-corrected chi connectivity index (χ3v) is 3.50. The lowest BCUT2D eigenvalue weighted by Crippen LogP contribution is -2.12. The zero-order valence-electron chi connectivity index (χ0n) is 12.4. The molecule has 0 atom stereocenters. The molecule has 7 heteroatoms. The van der Waals surface area contributed by atoms with Gasteiger partial charge in [0.1, 0.15) is 5.69 Å². The number of carbonyl (C=O) groups excluding carboxylic acids is 1. The van der Waals surface area contributed by atoms with Crippen LogP contribution in [0.3, 0.4) is 0 Å². The van der Waals surface area contributed by atoms with Crippen LogP contribution in [0, 0.1) is 10.1 Å². The van der Waals surface area contributed by atoms with Gasteiger partial charge >= 0.3 is 5.97 Å². The van der Waals surface area contributed by atoms with Crippen molar-refractivity contribution in [2.75, 3.05) is 6.61 Å². The Bertz CT molecular complexity index is 860. The second-order valence-corrected chi connectivity index (χ2v) is 4.93. The fraction of sp³-hybridized carbons (Fsp3) is 0.188. The molecule has 23 heavy (non-hydrogen) atoms. The number of fused-ring (bicyclic) bond motifs is 1. The van der Waals surface area contributed by atoms with E-state index in [0.717, 1.165) is 11.1 Å². The molecule has 2 heterocycles. The van der Waals surface area contributed by atoms with Crippen molar-refractivity contribution >= 4 is 22.8 Å². The molecule has 3 aromatic rings. The van der Waals surface area contributed by atoms with Crippen LogP contribution in [0.25, 0.3) is 11.1 Å². The number of nitro groups is 1. The summed E-state index contributed by atoms with van der Waals surface area (Å²) in [6, 6.07) is 9.62. The van der Waals surface area contributed by atoms with E-state index in [2.05, 4.69) is 0 Å². The van der Waals surface area contributed by atoms with E-state index in [9.17, 15) is 14.9 Å². The summed E-state index contributed by atoms with van der Waals surface area (Å²) in [5.41, 5.74) is 2.61. The average Bonchev–Trinajstić information content (AvgIpc) is 3.11. The highest BCUT2D eigenvalue weighted by atomic mass is 16.6. The number of ether oxygens (including phenoxy) is 1. The van der Waals surface area contributed by atoms with Crippen LogP contribution in [0.15, 0.2) is 47.1 Å². The summed E-state index contributed by atoms with van der Waals surface area (Å²) in [7, 11) is 0. The molecule has 0 unspecified atom stereocenters. The predicted octanol–water partition coefficient (Wildman–Crippen LogP) is 3.37. The molecule has 0 radical (unpaired) electrons. The van der Waals surface area contributed by atoms with Crippen molar-refractivity contribution in [2.45, 2.75) is 13.5 Å². The maximum Gasteiger partial charge on any atom is 0.355 e. The number of hydrogen-bond acceptors (Lipinski definition) is 5. The molecule has 0 spiro atoms. The van der Waals surface area contributed by atoms with Gasteiger partial charge in [-0.2, -0.15) is 0 Å². The summed E-state index contributed by atoms with van der Waals surface area (Å²) in [5, 5.41) is 10.7. The van der Waals surface area contributed by atoms with E-state index in [0.29, 0.717) is 17.8 Å². The van der Waals surface area contributed by atoms with E-state index >= 15 is 0 Å². The van der Waals surface area contributed by atoms with E-state index in [1.807, 2.05) is 0 Å². The van der Waals surface area contributed by atoms with Gasteiger partial charge in [0.2, 0.25) is 0 Å². The molecule has 0 fully saturated rings. The first-order valence-corrected chi connectivity index (χ1v) is 7.07. The zero-order valence-corrected chi connectivity index (χ0v) is 12.4. The van der Waals surface area contributed by atoms with Crippen LogP contribution in [0.4, 0.5) is 5.69 Å². The largest absolute Gasteiger partial charge is 0.463 e. The zero-order chi connectivity index (χ0) is 16.4. The number of benzene rings is 1. The van der Waals surface area contributed by atoms with Crippen LogP contribution < -0.4 is 0 Å². The molecule has 3 rings (SSSR count). The monoisotopic (exact) mass is 314 g/mol. The predicted molar refractivity (Wildman–Crippen MR) is 82.4 cm³/mol. The van der Waals surface area contributed by atoms with E-state index in [1.54, 1.807) is 42.0 Å². The minimum absolute atomic E-state index is 0.0281. The minimum Gasteiger partial charge on any atom is -0.463 e. The number of rotatable bonds is 5. The van der Waals surface area contributed by atoms with Crippen LogP contribution >= 0.6 is 0 Å². The number of nitrogens with zero attached hydrogens (tertiary/aromatic N) is 2. The quantitative estimate of drug-likeness (QED) is 0.409. The van der Waals surface area contributed by atoms with Crippen molar-refractivity contribution in [2.24, 2.45) is 0 Å². The summed E-state index contributed by atoms with van der Waals surface area (Å²) in [5.74, 6) is -0.430. The van der Waals surface area contributed by atoms with Gasteiger partial charge in [-0.05, 0) is 12.5 Å². The van der Waals surface area contributed by atoms with Gasteiger partial charge in [-0.3, -0.25) is 10.1 Å². The number of non-ortho nitro benzene ring substituents is 1. The Morgan fingerprint density at radius 1 is 1.30 bits per heavy atom. The van der Waals surface area contributed by atoms with Gasteiger partial charge in [0.15, 0.2) is 5.58 Å². The van der Waals surface area contributed by atoms with Gasteiger partial charge in [-0.15, -0.1) is 0 Å². The van der Waals surface area contributed by atoms with Crippen molar-refractivity contribution in [3.05, 3.63) is 64.0 Å². The number of nitro benzene ring substituents is 1. The third-order valence-electron chi connectivity index (χ3n) is 3.50. The van der Waals surface area contributed by atoms with E-state index < -0.39 is 10.9 Å². The van der Waals surface area contributed by atoms with Crippen LogP contribution in [0.2, 0.25) is 0 Å². The van der Waals surface area contributed by atoms with Gasteiger partial charge in [-0.25, -0.2) is 4.79 Å². The molecule has 118 valence electrons. The van der Waals surface area contributed by atoms with Crippen molar-refractivity contribution in [3.63, 3.8) is 0 Å². The molecular weight excluding hydrogens is 300 g/mol. The first-order valence-electron chi connectivity index (χ1n) is 7.07. The Labute approximate surface area is 131 Å². The normalized spacial score (nSPS) is 10.8. The highest BCUT2D eigenvalue weighted by molar-refractivity contribution is 5.94. The van der Waals surface area contributed by atoms with Gasteiger partial charge in [-0.1, -0.05) is 12.1 Å². The lowest BCUT2D eigenvalue weighted by molar-refractivity contribution is -0.384. The molecule has 0 aliphatic rings. The maximum absolute atomic E-state index is 12.1. The number of carbonyl (C=O) groups is 1. The first kappa shape index (κ1) is 14.8. The molecule has 0 amide bonds. The van der Waals surface area contributed by atoms with Gasteiger partial charge in [0.05, 0.1) is 23.3 Å². The first-order chi connectivity index (χ1) is 11.1. The molecule has 1 aromatic carbocycles. The average molecular weight is 314 g/mol. The Morgan fingerprint density at radius 2 is 2.04 bits per heavy atom. The number of hydrogen-bond donors (Lipinski definition) is 0. The molecule has 0 bridgehead atoms. The second kappa shape index (κ2) is 5.96. The number of esters is 1. The minimum atomic E-state index is -0.447. The Balaban J connectivity index is 1.97. The van der Waals surface area contributed by atoms with E-state index in [1.165, 1.54) is 12.1 Å². The topological polar surface area (TPSA) is 87.5 Å². The molecule has 0 saturated carbocycles. The summed E-state index contributed by atoms with van der Waals surface area (Å²) >= 11 is 0. The van der Waals surface area contributed by atoms with Gasteiger partial charge < -0.3 is 13.7 Å². The van der Waals surface area contributed by atoms with Crippen LogP contribution in [0.5, 0.6) is 0 Å². The van der Waals surface area contributed by atoms with Crippen molar-refractivity contribution < 1.29 is 18.9 Å². The summed E-state index contributed by atoms with van der Waals surface area (Å²) in [6.45, 7) is 2.41. The Kier molecular flexibility index (Phi) is 3.84. The fourth-order valence-electron chi connectivity index (χ4n) is 2.43. The maximum atomic E-state index is 12.1. The van der Waals surface area contributed by atoms with Gasteiger partial charge in [0.25, 0.3) is 5.69 Å². The van der Waals surface area contributed by atoms with E-state index in [4.69, 9.17) is 9.15 Å². The molecular formula is C16H14N2O5. The number of aromatic nitrogens is 1. The van der Waals surface area contributed by atoms with Crippen LogP contribution in [-0.4, -0.2) is 22.1 Å². The standard InChI is InChI=1S/C16H14N2O5/c1-2-22-16(19)14-9-15-13(7-8-23-15)17(14)10-11-3-5-12(6-4-11)18(20)21/h3-9H,2,10H2,1H3. The summed E-state index contributed by atoms with van der Waals surface area (Å²) in [6.07, 6.45) is 1.55. The lowest BCUT2D eigenvalue weighted by atomic mass is 10.2. The Morgan fingerprint density at radius 3 is 2.70 bits per heavy atom. The lowest BCUT2D eigenvalue weighted by Gasteiger charge is -2.09. The molecule has 0 aliphatic carbocycles. The van der Waals surface area contributed by atoms with Crippen molar-refractivity contribution in [1.82, 2.24) is 4.57 Å². The van der Waals surface area contributed by atoms with Crippen molar-refractivity contribution in [1.29, 1.82) is 0 Å². The summed E-state index contributed by atoms with van der Waals surface area (Å²) in [4.78, 5) is 22.4. The molecule has 0 saturated heterocycles. The summed E-state index contributed by atoms with van der Waals surface area (Å²) < 4.78 is 12.2. The fourth-order valence-corrected chi connectivity index (χ4v) is 2.43.